The third-order valence-electron chi connectivity index (χ3n) is 5.14. The van der Waals surface area contributed by atoms with Gasteiger partial charge < -0.3 is 15.1 Å². The Labute approximate surface area is 147 Å². The van der Waals surface area contributed by atoms with Crippen molar-refractivity contribution in [3.63, 3.8) is 0 Å². The SMILES string of the molecule is C[C@H](CNC(=O)[C@@H]1CS[C@]2(C)CCC(=O)N12)N(C)c1ccccc1. The molecule has 1 aromatic carbocycles. The van der Waals surface area contributed by atoms with E-state index in [1.807, 2.05) is 25.2 Å². The van der Waals surface area contributed by atoms with E-state index in [9.17, 15) is 9.59 Å². The minimum absolute atomic E-state index is 0.0326. The molecular formula is C18H25N3O2S. The molecule has 0 bridgehead atoms. The molecule has 3 rings (SSSR count). The number of para-hydroxylation sites is 1. The fourth-order valence-electron chi connectivity index (χ4n) is 3.44. The third-order valence-corrected chi connectivity index (χ3v) is 6.65. The fraction of sp³-hybridized carbons (Fsp3) is 0.556. The monoisotopic (exact) mass is 347 g/mol. The fourth-order valence-corrected chi connectivity index (χ4v) is 4.87. The lowest BCUT2D eigenvalue weighted by Gasteiger charge is -2.31. The van der Waals surface area contributed by atoms with Crippen LogP contribution in [-0.4, -0.2) is 53.0 Å². The van der Waals surface area contributed by atoms with Crippen molar-refractivity contribution in [3.05, 3.63) is 30.3 Å². The number of carbonyl (C=O) groups is 2. The first-order chi connectivity index (χ1) is 11.4. The highest BCUT2D eigenvalue weighted by Gasteiger charge is 2.52. The topological polar surface area (TPSA) is 52.7 Å². The number of nitrogens with one attached hydrogen (secondary N) is 1. The lowest BCUT2D eigenvalue weighted by Crippen LogP contribution is -2.52. The van der Waals surface area contributed by atoms with Crippen LogP contribution >= 0.6 is 11.8 Å². The summed E-state index contributed by atoms with van der Waals surface area (Å²) < 4.78 is 0. The molecular weight excluding hydrogens is 322 g/mol. The normalized spacial score (nSPS) is 27.0. The molecule has 24 heavy (non-hydrogen) atoms. The average molecular weight is 347 g/mol. The molecule has 2 aliphatic heterocycles. The maximum Gasteiger partial charge on any atom is 0.243 e. The number of nitrogens with zero attached hydrogens (tertiary/aromatic N) is 2. The minimum Gasteiger partial charge on any atom is -0.370 e. The third kappa shape index (κ3) is 3.11. The molecule has 5 nitrogen and oxygen atoms in total. The lowest BCUT2D eigenvalue weighted by molar-refractivity contribution is -0.137. The number of rotatable bonds is 5. The number of likely N-dealkylation sites (N-methyl/N-ethyl adjacent to an activating group) is 1. The highest BCUT2D eigenvalue weighted by molar-refractivity contribution is 8.01. The van der Waals surface area contributed by atoms with Crippen LogP contribution in [0.2, 0.25) is 0 Å². The van der Waals surface area contributed by atoms with Gasteiger partial charge in [0.2, 0.25) is 11.8 Å². The summed E-state index contributed by atoms with van der Waals surface area (Å²) in [6, 6.07) is 9.96. The van der Waals surface area contributed by atoms with Gasteiger partial charge in [0.05, 0.1) is 4.87 Å². The Morgan fingerprint density at radius 2 is 2.17 bits per heavy atom. The van der Waals surface area contributed by atoms with Crippen LogP contribution in [0.4, 0.5) is 5.69 Å². The minimum atomic E-state index is -0.329. The molecule has 0 aliphatic carbocycles. The standard InChI is InChI=1S/C18H25N3O2S/c1-13(20(3)14-7-5-4-6-8-14)11-19-17(23)15-12-24-18(2)10-9-16(22)21(15)18/h4-8,13,15H,9-12H2,1-3H3,(H,19,23)/t13-,15+,18-/m1/s1. The van der Waals surface area contributed by atoms with Gasteiger partial charge in [-0.1, -0.05) is 18.2 Å². The van der Waals surface area contributed by atoms with Crippen molar-refractivity contribution < 1.29 is 9.59 Å². The number of carbonyl (C=O) groups excluding carboxylic acids is 2. The van der Waals surface area contributed by atoms with Gasteiger partial charge in [-0.15, -0.1) is 11.8 Å². The van der Waals surface area contributed by atoms with Crippen molar-refractivity contribution in [2.45, 2.75) is 43.6 Å². The predicted molar refractivity (Wildman–Crippen MR) is 98.0 cm³/mol. The zero-order chi connectivity index (χ0) is 17.3. The molecule has 2 amide bonds. The van der Waals surface area contributed by atoms with Crippen molar-refractivity contribution in [3.8, 4) is 0 Å². The van der Waals surface area contributed by atoms with Gasteiger partial charge in [0, 0.05) is 37.5 Å². The maximum atomic E-state index is 12.6. The summed E-state index contributed by atoms with van der Waals surface area (Å²) in [7, 11) is 2.03. The van der Waals surface area contributed by atoms with Gasteiger partial charge in [0.25, 0.3) is 0 Å². The van der Waals surface area contributed by atoms with E-state index in [2.05, 4.69) is 36.2 Å². The number of amides is 2. The smallest absolute Gasteiger partial charge is 0.243 e. The maximum absolute atomic E-state index is 12.6. The summed E-state index contributed by atoms with van der Waals surface area (Å²) in [4.78, 5) is 28.5. The molecule has 0 unspecified atom stereocenters. The van der Waals surface area contributed by atoms with Gasteiger partial charge in [-0.25, -0.2) is 0 Å². The van der Waals surface area contributed by atoms with Gasteiger partial charge in [-0.2, -0.15) is 0 Å². The van der Waals surface area contributed by atoms with Gasteiger partial charge in [0.1, 0.15) is 6.04 Å². The number of fused-ring (bicyclic) bond motifs is 1. The highest BCUT2D eigenvalue weighted by Crippen LogP contribution is 2.47. The molecule has 6 heteroatoms. The largest absolute Gasteiger partial charge is 0.370 e. The first kappa shape index (κ1) is 17.1. The molecule has 0 aromatic heterocycles. The average Bonchev–Trinajstić information content (AvgIpc) is 3.09. The zero-order valence-corrected chi connectivity index (χ0v) is 15.3. The van der Waals surface area contributed by atoms with Crippen molar-refractivity contribution >= 4 is 29.3 Å². The Balaban J connectivity index is 1.57. The summed E-state index contributed by atoms with van der Waals surface area (Å²) in [5.74, 6) is 0.767. The molecule has 0 saturated carbocycles. The molecule has 2 fully saturated rings. The second-order valence-electron chi connectivity index (χ2n) is 6.81. The highest BCUT2D eigenvalue weighted by atomic mass is 32.2. The lowest BCUT2D eigenvalue weighted by atomic mass is 10.2. The van der Waals surface area contributed by atoms with Crippen molar-refractivity contribution in [2.75, 3.05) is 24.2 Å². The number of thioether (sulfide) groups is 1. The van der Waals surface area contributed by atoms with E-state index < -0.39 is 0 Å². The van der Waals surface area contributed by atoms with Gasteiger partial charge in [-0.3, -0.25) is 9.59 Å². The molecule has 3 atom stereocenters. The summed E-state index contributed by atoms with van der Waals surface area (Å²) in [6.45, 7) is 4.72. The van der Waals surface area contributed by atoms with Crippen LogP contribution in [0.25, 0.3) is 0 Å². The Hall–Kier alpha value is -1.69. The van der Waals surface area contributed by atoms with E-state index in [1.165, 1.54) is 0 Å². The van der Waals surface area contributed by atoms with Crippen LogP contribution in [0.5, 0.6) is 0 Å². The first-order valence-electron chi connectivity index (χ1n) is 8.44. The Morgan fingerprint density at radius 3 is 2.88 bits per heavy atom. The molecule has 2 aliphatic rings. The number of hydrogen-bond acceptors (Lipinski definition) is 4. The quantitative estimate of drug-likeness (QED) is 0.886. The van der Waals surface area contributed by atoms with Crippen molar-refractivity contribution in [2.24, 2.45) is 0 Å². The summed E-state index contributed by atoms with van der Waals surface area (Å²) in [5.41, 5.74) is 1.12. The predicted octanol–water partition coefficient (Wildman–Crippen LogP) is 2.08. The first-order valence-corrected chi connectivity index (χ1v) is 9.42. The van der Waals surface area contributed by atoms with Crippen LogP contribution in [-0.2, 0) is 9.59 Å². The number of anilines is 1. The van der Waals surface area contributed by atoms with Crippen LogP contribution in [0.1, 0.15) is 26.7 Å². The van der Waals surface area contributed by atoms with E-state index in [1.54, 1.807) is 16.7 Å². The second kappa shape index (κ2) is 6.67. The van der Waals surface area contributed by atoms with E-state index in [4.69, 9.17) is 0 Å². The molecule has 2 saturated heterocycles. The number of hydrogen-bond donors (Lipinski definition) is 1. The van der Waals surface area contributed by atoms with Gasteiger partial charge in [-0.05, 0) is 32.4 Å². The summed E-state index contributed by atoms with van der Waals surface area (Å²) in [5, 5.41) is 3.04. The summed E-state index contributed by atoms with van der Waals surface area (Å²) >= 11 is 1.73. The number of benzene rings is 1. The van der Waals surface area contributed by atoms with Crippen LogP contribution in [0.3, 0.4) is 0 Å². The van der Waals surface area contributed by atoms with Crippen molar-refractivity contribution in [1.29, 1.82) is 0 Å². The van der Waals surface area contributed by atoms with Crippen LogP contribution in [0.15, 0.2) is 30.3 Å². The van der Waals surface area contributed by atoms with E-state index in [0.717, 1.165) is 12.1 Å². The van der Waals surface area contributed by atoms with Crippen LogP contribution in [0, 0.1) is 0 Å². The van der Waals surface area contributed by atoms with E-state index in [-0.39, 0.29) is 28.8 Å². The second-order valence-corrected chi connectivity index (χ2v) is 8.31. The molecule has 130 valence electrons. The summed E-state index contributed by atoms with van der Waals surface area (Å²) in [6.07, 6.45) is 1.40. The Kier molecular flexibility index (Phi) is 4.76. The van der Waals surface area contributed by atoms with Gasteiger partial charge in [0.15, 0.2) is 0 Å². The molecule has 1 aromatic rings. The zero-order valence-electron chi connectivity index (χ0n) is 14.5. The van der Waals surface area contributed by atoms with E-state index in [0.29, 0.717) is 18.7 Å². The van der Waals surface area contributed by atoms with Crippen molar-refractivity contribution in [1.82, 2.24) is 10.2 Å². The van der Waals surface area contributed by atoms with Crippen LogP contribution < -0.4 is 10.2 Å². The molecule has 2 heterocycles. The molecule has 0 radical (unpaired) electrons. The molecule has 0 spiro atoms. The Bertz CT molecular complexity index is 624. The molecule has 1 N–H and O–H groups in total. The van der Waals surface area contributed by atoms with Gasteiger partial charge >= 0.3 is 0 Å². The Morgan fingerprint density at radius 1 is 1.46 bits per heavy atom. The van der Waals surface area contributed by atoms with E-state index >= 15 is 0 Å².